The summed E-state index contributed by atoms with van der Waals surface area (Å²) in [6, 6.07) is 0. The molecule has 1 aromatic rings. The molecular weight excluding hydrogens is 266 g/mol. The number of nitrogens with one attached hydrogen (secondary N) is 1. The quantitative estimate of drug-likeness (QED) is 0.866. The molecule has 0 bridgehead atoms. The van der Waals surface area contributed by atoms with Crippen LogP contribution in [0.25, 0.3) is 0 Å². The predicted octanol–water partition coefficient (Wildman–Crippen LogP) is 3.77. The van der Waals surface area contributed by atoms with E-state index >= 15 is 0 Å². The first-order chi connectivity index (χ1) is 9.70. The van der Waals surface area contributed by atoms with Crippen LogP contribution >= 0.6 is 11.8 Å². The minimum Gasteiger partial charge on any atom is -0.313 e. The summed E-state index contributed by atoms with van der Waals surface area (Å²) in [4.78, 5) is 9.40. The summed E-state index contributed by atoms with van der Waals surface area (Å²) in [6.45, 7) is 8.20. The first-order valence-electron chi connectivity index (χ1n) is 7.86. The Morgan fingerprint density at radius 3 is 2.35 bits per heavy atom. The molecule has 1 aromatic heterocycles. The third-order valence-corrected chi connectivity index (χ3v) is 5.39. The maximum Gasteiger partial charge on any atom is 0.138 e. The van der Waals surface area contributed by atoms with Crippen LogP contribution in [0.4, 0.5) is 0 Å². The molecule has 4 heteroatoms. The van der Waals surface area contributed by atoms with E-state index in [1.165, 1.54) is 37.7 Å². The van der Waals surface area contributed by atoms with Crippen LogP contribution in [-0.2, 0) is 12.3 Å². The van der Waals surface area contributed by atoms with E-state index in [9.17, 15) is 0 Å². The highest BCUT2D eigenvalue weighted by Crippen LogP contribution is 2.30. The van der Waals surface area contributed by atoms with Gasteiger partial charge in [-0.1, -0.05) is 26.2 Å². The standard InChI is InChI=1S/C16H27N3S/c1-4-17-10-15-12(2)18-16(19-13(15)3)11-20-14-8-6-5-7-9-14/h14,17H,4-11H2,1-3H3. The fourth-order valence-electron chi connectivity index (χ4n) is 2.80. The molecule has 1 fully saturated rings. The van der Waals surface area contributed by atoms with E-state index in [-0.39, 0.29) is 0 Å². The van der Waals surface area contributed by atoms with Crippen molar-refractivity contribution in [3.05, 3.63) is 22.8 Å². The van der Waals surface area contributed by atoms with Crippen molar-refractivity contribution in [1.82, 2.24) is 15.3 Å². The van der Waals surface area contributed by atoms with Crippen LogP contribution in [0.15, 0.2) is 0 Å². The molecular formula is C16H27N3S. The molecule has 0 radical (unpaired) electrons. The first kappa shape index (κ1) is 15.8. The van der Waals surface area contributed by atoms with Gasteiger partial charge in [-0.25, -0.2) is 9.97 Å². The number of hydrogen-bond donors (Lipinski definition) is 1. The van der Waals surface area contributed by atoms with Gasteiger partial charge < -0.3 is 5.32 Å². The average molecular weight is 293 g/mol. The summed E-state index contributed by atoms with van der Waals surface area (Å²) in [5.41, 5.74) is 3.54. The van der Waals surface area contributed by atoms with Gasteiger partial charge >= 0.3 is 0 Å². The highest BCUT2D eigenvalue weighted by Gasteiger charge is 2.15. The monoisotopic (exact) mass is 293 g/mol. The zero-order valence-corrected chi connectivity index (χ0v) is 13.9. The number of nitrogens with zero attached hydrogens (tertiary/aromatic N) is 2. The van der Waals surface area contributed by atoms with E-state index in [1.54, 1.807) is 0 Å². The zero-order chi connectivity index (χ0) is 14.4. The van der Waals surface area contributed by atoms with E-state index in [2.05, 4.69) is 37.8 Å². The van der Waals surface area contributed by atoms with Gasteiger partial charge in [0.25, 0.3) is 0 Å². The average Bonchev–Trinajstić information content (AvgIpc) is 2.45. The number of thioether (sulfide) groups is 1. The third-order valence-electron chi connectivity index (χ3n) is 4.02. The van der Waals surface area contributed by atoms with Crippen molar-refractivity contribution in [3.8, 4) is 0 Å². The van der Waals surface area contributed by atoms with Crippen molar-refractivity contribution in [2.24, 2.45) is 0 Å². The van der Waals surface area contributed by atoms with Crippen LogP contribution in [0.3, 0.4) is 0 Å². The fourth-order valence-corrected chi connectivity index (χ4v) is 3.98. The van der Waals surface area contributed by atoms with E-state index in [0.29, 0.717) is 0 Å². The molecule has 0 saturated heterocycles. The van der Waals surface area contributed by atoms with Crippen molar-refractivity contribution < 1.29 is 0 Å². The molecule has 0 atom stereocenters. The van der Waals surface area contributed by atoms with Gasteiger partial charge in [0.2, 0.25) is 0 Å². The Balaban J connectivity index is 1.94. The Morgan fingerprint density at radius 2 is 1.75 bits per heavy atom. The van der Waals surface area contributed by atoms with Gasteiger partial charge in [0.15, 0.2) is 0 Å². The van der Waals surface area contributed by atoms with Crippen molar-refractivity contribution >= 4 is 11.8 Å². The van der Waals surface area contributed by atoms with Gasteiger partial charge in [-0.15, -0.1) is 0 Å². The topological polar surface area (TPSA) is 37.8 Å². The lowest BCUT2D eigenvalue weighted by Gasteiger charge is -2.20. The Kier molecular flexibility index (Phi) is 6.30. The maximum absolute atomic E-state index is 4.70. The van der Waals surface area contributed by atoms with Gasteiger partial charge in [-0.05, 0) is 33.2 Å². The lowest BCUT2D eigenvalue weighted by Crippen LogP contribution is -2.16. The Labute approximate surface area is 127 Å². The highest BCUT2D eigenvalue weighted by atomic mass is 32.2. The Hall–Kier alpha value is -0.610. The summed E-state index contributed by atoms with van der Waals surface area (Å²) in [7, 11) is 0. The molecule has 0 amide bonds. The van der Waals surface area contributed by atoms with E-state index < -0.39 is 0 Å². The summed E-state index contributed by atoms with van der Waals surface area (Å²) in [6.07, 6.45) is 6.98. The molecule has 2 rings (SSSR count). The van der Waals surface area contributed by atoms with Crippen molar-refractivity contribution in [2.45, 2.75) is 70.4 Å². The minimum absolute atomic E-state index is 0.828. The van der Waals surface area contributed by atoms with E-state index in [4.69, 9.17) is 9.97 Å². The largest absolute Gasteiger partial charge is 0.313 e. The van der Waals surface area contributed by atoms with Crippen molar-refractivity contribution in [1.29, 1.82) is 0 Å². The first-order valence-corrected chi connectivity index (χ1v) is 8.91. The van der Waals surface area contributed by atoms with Gasteiger partial charge in [0.05, 0.1) is 5.75 Å². The van der Waals surface area contributed by atoms with Crippen LogP contribution in [0.5, 0.6) is 0 Å². The summed E-state index contributed by atoms with van der Waals surface area (Å²) < 4.78 is 0. The maximum atomic E-state index is 4.70. The minimum atomic E-state index is 0.828. The predicted molar refractivity (Wildman–Crippen MR) is 87.1 cm³/mol. The highest BCUT2D eigenvalue weighted by molar-refractivity contribution is 7.99. The second-order valence-electron chi connectivity index (χ2n) is 5.64. The van der Waals surface area contributed by atoms with Crippen LogP contribution in [0, 0.1) is 13.8 Å². The van der Waals surface area contributed by atoms with Gasteiger partial charge in [0.1, 0.15) is 5.82 Å². The molecule has 0 aliphatic heterocycles. The normalized spacial score (nSPS) is 16.6. The molecule has 1 aliphatic carbocycles. The second-order valence-corrected chi connectivity index (χ2v) is 6.93. The molecule has 1 aliphatic rings. The van der Waals surface area contributed by atoms with E-state index in [0.717, 1.165) is 41.3 Å². The molecule has 1 saturated carbocycles. The SMILES string of the molecule is CCNCc1c(C)nc(CSC2CCCCC2)nc1C. The van der Waals surface area contributed by atoms with Crippen LogP contribution in [0.1, 0.15) is 61.8 Å². The number of aromatic nitrogens is 2. The number of rotatable bonds is 6. The van der Waals surface area contributed by atoms with Gasteiger partial charge in [-0.3, -0.25) is 0 Å². The fraction of sp³-hybridized carbons (Fsp3) is 0.750. The Morgan fingerprint density at radius 1 is 1.10 bits per heavy atom. The molecule has 0 aromatic carbocycles. The summed E-state index contributed by atoms with van der Waals surface area (Å²) in [5, 5.41) is 4.19. The molecule has 112 valence electrons. The third kappa shape index (κ3) is 4.45. The lowest BCUT2D eigenvalue weighted by atomic mass is 10.0. The molecule has 20 heavy (non-hydrogen) atoms. The van der Waals surface area contributed by atoms with Crippen molar-refractivity contribution in [3.63, 3.8) is 0 Å². The van der Waals surface area contributed by atoms with Crippen molar-refractivity contribution in [2.75, 3.05) is 6.54 Å². The molecule has 0 unspecified atom stereocenters. The number of aryl methyl sites for hydroxylation is 2. The molecule has 3 nitrogen and oxygen atoms in total. The smallest absolute Gasteiger partial charge is 0.138 e. The van der Waals surface area contributed by atoms with Gasteiger partial charge in [-0.2, -0.15) is 11.8 Å². The van der Waals surface area contributed by atoms with Gasteiger partial charge in [0, 0.05) is 28.7 Å². The molecule has 1 heterocycles. The van der Waals surface area contributed by atoms with Crippen LogP contribution in [0.2, 0.25) is 0 Å². The second kappa shape index (κ2) is 7.99. The zero-order valence-electron chi connectivity index (χ0n) is 13.0. The summed E-state index contributed by atoms with van der Waals surface area (Å²) >= 11 is 2.05. The lowest BCUT2D eigenvalue weighted by molar-refractivity contribution is 0.516. The van der Waals surface area contributed by atoms with Crippen LogP contribution < -0.4 is 5.32 Å². The summed E-state index contributed by atoms with van der Waals surface area (Å²) in [5.74, 6) is 1.98. The number of hydrogen-bond acceptors (Lipinski definition) is 4. The van der Waals surface area contributed by atoms with Crippen LogP contribution in [-0.4, -0.2) is 21.8 Å². The molecule has 0 spiro atoms. The van der Waals surface area contributed by atoms with E-state index in [1.807, 2.05) is 0 Å². The Bertz CT molecular complexity index is 405. The molecule has 1 N–H and O–H groups in total.